The number of hydrogen-bond acceptors (Lipinski definition) is 6. The first-order chi connectivity index (χ1) is 15.1. The Morgan fingerprint density at radius 3 is 2.65 bits per heavy atom. The van der Waals surface area contributed by atoms with Gasteiger partial charge in [-0.15, -0.1) is 0 Å². The number of benzene rings is 2. The van der Waals surface area contributed by atoms with E-state index in [1.165, 1.54) is 6.33 Å². The molecule has 2 atom stereocenters. The molecule has 0 amide bonds. The molecule has 0 fully saturated rings. The maximum atomic E-state index is 13.5. The Hall–Kier alpha value is -3.32. The summed E-state index contributed by atoms with van der Waals surface area (Å²) in [5.74, 6) is 2.07. The zero-order valence-electron chi connectivity index (χ0n) is 17.1. The number of ether oxygens (including phenoxy) is 2. The minimum atomic E-state index is -0.423. The number of hydrogen-bond donors (Lipinski definition) is 1. The van der Waals surface area contributed by atoms with Gasteiger partial charge < -0.3 is 14.8 Å². The number of anilines is 1. The van der Waals surface area contributed by atoms with Crippen LogP contribution in [-0.2, 0) is 4.79 Å². The van der Waals surface area contributed by atoms with Crippen molar-refractivity contribution >= 4 is 23.3 Å². The third-order valence-electron chi connectivity index (χ3n) is 5.94. The van der Waals surface area contributed by atoms with E-state index in [-0.39, 0.29) is 11.7 Å². The fourth-order valence-corrected chi connectivity index (χ4v) is 4.58. The van der Waals surface area contributed by atoms with Crippen LogP contribution in [0.4, 0.5) is 5.95 Å². The van der Waals surface area contributed by atoms with Crippen LogP contribution in [0.1, 0.15) is 35.9 Å². The van der Waals surface area contributed by atoms with Gasteiger partial charge in [0.25, 0.3) is 0 Å². The minimum Gasteiger partial charge on any atom is -0.497 e. The first-order valence-corrected chi connectivity index (χ1v) is 10.4. The highest BCUT2D eigenvalue weighted by molar-refractivity contribution is 6.30. The summed E-state index contributed by atoms with van der Waals surface area (Å²) in [7, 11) is 3.22. The number of fused-ring (bicyclic) bond motifs is 1. The number of halogens is 1. The Morgan fingerprint density at radius 2 is 1.90 bits per heavy atom. The average molecular weight is 437 g/mol. The number of carbonyl (C=O) groups excluding carboxylic acids is 1. The number of nitrogens with one attached hydrogen (secondary N) is 1. The van der Waals surface area contributed by atoms with E-state index in [0.717, 1.165) is 16.8 Å². The molecular weight excluding hydrogens is 416 g/mol. The molecular formula is C23H21ClN4O3. The van der Waals surface area contributed by atoms with Gasteiger partial charge >= 0.3 is 0 Å². The molecule has 1 aromatic heterocycles. The maximum Gasteiger partial charge on any atom is 0.226 e. The molecule has 5 rings (SSSR count). The summed E-state index contributed by atoms with van der Waals surface area (Å²) in [6.07, 6.45) is 2.61. The molecule has 7 nitrogen and oxygen atoms in total. The molecule has 8 heteroatoms. The number of Topliss-reactive ketones (excluding diaryl/α,β-unsaturated/α-hetero) is 1. The largest absolute Gasteiger partial charge is 0.497 e. The second-order valence-electron chi connectivity index (χ2n) is 7.64. The van der Waals surface area contributed by atoms with E-state index in [9.17, 15) is 4.79 Å². The molecule has 2 aromatic carbocycles. The van der Waals surface area contributed by atoms with E-state index in [1.54, 1.807) is 18.9 Å². The van der Waals surface area contributed by atoms with Gasteiger partial charge in [-0.1, -0.05) is 23.7 Å². The molecule has 0 unspecified atom stereocenters. The fraction of sp³-hybridized carbons (Fsp3) is 0.261. The van der Waals surface area contributed by atoms with Crippen LogP contribution in [0.5, 0.6) is 11.5 Å². The van der Waals surface area contributed by atoms with Crippen LogP contribution in [0.2, 0.25) is 5.02 Å². The summed E-state index contributed by atoms with van der Waals surface area (Å²) in [5.41, 5.74) is 3.50. The molecule has 1 aliphatic carbocycles. The molecule has 0 saturated carbocycles. The molecule has 1 N–H and O–H groups in total. The molecule has 0 saturated heterocycles. The predicted molar refractivity (Wildman–Crippen MR) is 117 cm³/mol. The van der Waals surface area contributed by atoms with Crippen LogP contribution >= 0.6 is 11.6 Å². The van der Waals surface area contributed by atoms with Gasteiger partial charge in [-0.2, -0.15) is 10.1 Å². The Kier molecular flexibility index (Phi) is 4.90. The lowest BCUT2D eigenvalue weighted by molar-refractivity contribution is -0.116. The fourth-order valence-electron chi connectivity index (χ4n) is 4.45. The van der Waals surface area contributed by atoms with Crippen molar-refractivity contribution < 1.29 is 14.3 Å². The molecule has 3 aromatic rings. The Bertz CT molecular complexity index is 1190. The van der Waals surface area contributed by atoms with Gasteiger partial charge in [-0.25, -0.2) is 4.68 Å². The maximum absolute atomic E-state index is 13.5. The van der Waals surface area contributed by atoms with Crippen molar-refractivity contribution in [2.75, 3.05) is 19.5 Å². The molecule has 2 heterocycles. The van der Waals surface area contributed by atoms with Crippen molar-refractivity contribution in [3.05, 3.63) is 76.2 Å². The van der Waals surface area contributed by atoms with Crippen molar-refractivity contribution in [3.63, 3.8) is 0 Å². The summed E-state index contributed by atoms with van der Waals surface area (Å²) in [5, 5.41) is 8.42. The standard InChI is InChI=1S/C23H21ClN4O3/c1-30-16-7-8-17(20(11-16)31-2)22-21-18(27-23-25-12-26-28(22)23)9-14(10-19(21)29)13-3-5-15(24)6-4-13/h3-8,11-12,14,22H,9-10H2,1-2H3,(H,25,26,27)/t14-,22-/m1/s1. The third-order valence-corrected chi connectivity index (χ3v) is 6.19. The lowest BCUT2D eigenvalue weighted by atomic mass is 9.78. The summed E-state index contributed by atoms with van der Waals surface area (Å²) < 4.78 is 12.7. The number of aromatic nitrogens is 3. The lowest BCUT2D eigenvalue weighted by Crippen LogP contribution is -2.33. The number of rotatable bonds is 4. The van der Waals surface area contributed by atoms with Gasteiger partial charge in [0.1, 0.15) is 23.9 Å². The van der Waals surface area contributed by atoms with Gasteiger partial charge in [0.2, 0.25) is 5.95 Å². The van der Waals surface area contributed by atoms with Gasteiger partial charge in [0.15, 0.2) is 5.78 Å². The normalized spacial score (nSPS) is 20.0. The first kappa shape index (κ1) is 19.6. The van der Waals surface area contributed by atoms with Gasteiger partial charge in [0, 0.05) is 34.3 Å². The van der Waals surface area contributed by atoms with Crippen molar-refractivity contribution in [2.24, 2.45) is 0 Å². The van der Waals surface area contributed by atoms with E-state index in [4.69, 9.17) is 21.1 Å². The number of methoxy groups -OCH3 is 2. The highest BCUT2D eigenvalue weighted by Crippen LogP contribution is 2.46. The van der Waals surface area contributed by atoms with Crippen molar-refractivity contribution in [1.29, 1.82) is 0 Å². The van der Waals surface area contributed by atoms with E-state index in [0.29, 0.717) is 40.9 Å². The molecule has 1 aliphatic heterocycles. The number of allylic oxidation sites excluding steroid dienone is 2. The number of carbonyl (C=O) groups is 1. The predicted octanol–water partition coefficient (Wildman–Crippen LogP) is 4.36. The second kappa shape index (κ2) is 7.74. The molecule has 0 spiro atoms. The Balaban J connectivity index is 1.61. The van der Waals surface area contributed by atoms with Crippen molar-refractivity contribution in [2.45, 2.75) is 24.8 Å². The summed E-state index contributed by atoms with van der Waals surface area (Å²) in [6, 6.07) is 12.9. The van der Waals surface area contributed by atoms with E-state index >= 15 is 0 Å². The van der Waals surface area contributed by atoms with Crippen LogP contribution in [0, 0.1) is 0 Å². The van der Waals surface area contributed by atoms with E-state index in [1.807, 2.05) is 42.5 Å². The third kappa shape index (κ3) is 3.35. The minimum absolute atomic E-state index is 0.0731. The zero-order valence-corrected chi connectivity index (χ0v) is 17.9. The molecule has 2 aliphatic rings. The molecule has 0 bridgehead atoms. The summed E-state index contributed by atoms with van der Waals surface area (Å²) >= 11 is 6.04. The van der Waals surface area contributed by atoms with Crippen LogP contribution in [0.15, 0.2) is 60.1 Å². The van der Waals surface area contributed by atoms with Crippen LogP contribution < -0.4 is 14.8 Å². The van der Waals surface area contributed by atoms with Crippen molar-refractivity contribution in [1.82, 2.24) is 14.8 Å². The smallest absolute Gasteiger partial charge is 0.226 e. The SMILES string of the molecule is COc1ccc([C@@H]2C3=C(C[C@@H](c4ccc(Cl)cc4)CC3=O)Nc3ncnn32)c(OC)c1. The summed E-state index contributed by atoms with van der Waals surface area (Å²) in [4.78, 5) is 17.8. The van der Waals surface area contributed by atoms with E-state index in [2.05, 4.69) is 15.4 Å². The van der Waals surface area contributed by atoms with Crippen molar-refractivity contribution in [3.8, 4) is 11.5 Å². The van der Waals surface area contributed by atoms with Gasteiger partial charge in [-0.3, -0.25) is 4.79 Å². The number of nitrogens with zero attached hydrogens (tertiary/aromatic N) is 3. The van der Waals surface area contributed by atoms with Crippen LogP contribution in [0.3, 0.4) is 0 Å². The number of ketones is 1. The van der Waals surface area contributed by atoms with E-state index < -0.39 is 6.04 Å². The van der Waals surface area contributed by atoms with Gasteiger partial charge in [0.05, 0.1) is 14.2 Å². The van der Waals surface area contributed by atoms with Gasteiger partial charge in [-0.05, 0) is 42.2 Å². The monoisotopic (exact) mass is 436 g/mol. The molecule has 158 valence electrons. The topological polar surface area (TPSA) is 78.3 Å². The highest BCUT2D eigenvalue weighted by atomic mass is 35.5. The lowest BCUT2D eigenvalue weighted by Gasteiger charge is -2.35. The Labute approximate surface area is 184 Å². The van der Waals surface area contributed by atoms with Crippen LogP contribution in [-0.4, -0.2) is 34.8 Å². The first-order valence-electron chi connectivity index (χ1n) is 9.99. The zero-order chi connectivity index (χ0) is 21.5. The molecule has 0 radical (unpaired) electrons. The quantitative estimate of drug-likeness (QED) is 0.654. The molecule has 31 heavy (non-hydrogen) atoms. The second-order valence-corrected chi connectivity index (χ2v) is 8.07. The van der Waals surface area contributed by atoms with Crippen LogP contribution in [0.25, 0.3) is 0 Å². The Morgan fingerprint density at radius 1 is 1.10 bits per heavy atom. The highest BCUT2D eigenvalue weighted by Gasteiger charge is 2.40. The summed E-state index contributed by atoms with van der Waals surface area (Å²) in [6.45, 7) is 0. The average Bonchev–Trinajstić information content (AvgIpc) is 3.26.